The number of sulfonamides is 1. The van der Waals surface area contributed by atoms with Gasteiger partial charge in [0.2, 0.25) is 10.0 Å². The van der Waals surface area contributed by atoms with Crippen LogP contribution < -0.4 is 9.46 Å². The molecule has 2 aliphatic heterocycles. The van der Waals surface area contributed by atoms with Crippen LogP contribution in [0.25, 0.3) is 33.8 Å². The summed E-state index contributed by atoms with van der Waals surface area (Å²) >= 11 is 0. The highest BCUT2D eigenvalue weighted by atomic mass is 32.2. The molecule has 54 heavy (non-hydrogen) atoms. The number of aromatic nitrogens is 3. The smallest absolute Gasteiger partial charge is 0.264 e. The fraction of sp³-hybridized carbons (Fsp3) is 0.500. The second-order valence-electron chi connectivity index (χ2n) is 15.9. The second kappa shape index (κ2) is 14.7. The van der Waals surface area contributed by atoms with Crippen molar-refractivity contribution in [2.75, 3.05) is 20.2 Å². The lowest BCUT2D eigenvalue weighted by atomic mass is 9.81. The van der Waals surface area contributed by atoms with Crippen LogP contribution in [0, 0.1) is 6.92 Å². The zero-order valence-corrected chi connectivity index (χ0v) is 33.5. The van der Waals surface area contributed by atoms with E-state index in [0.29, 0.717) is 36.8 Å². The predicted molar refractivity (Wildman–Crippen MR) is 212 cm³/mol. The topological polar surface area (TPSA) is 125 Å². The standard InChI is InChI=1S/C42H53N5O6S/c1-24(2)47-39(37(28(7)43-47)42(49)45-21-26(5)53-27(6)22-45)32-18-31-19-33(52-8)15-17-34(31)40-38(29-12-10-9-11-13-29)35-16-14-30(20-36(35)46(40)23-32)41(48)44-54(50,51)25(3)4/h14-20,24-27,29H,9-13,21-23H2,1-8H3,(H,44,48). The maximum atomic E-state index is 14.7. The molecule has 3 aliphatic rings. The minimum atomic E-state index is -3.85. The van der Waals surface area contributed by atoms with Gasteiger partial charge in [-0.1, -0.05) is 25.3 Å². The normalized spacial score (nSPS) is 19.4. The maximum absolute atomic E-state index is 14.7. The van der Waals surface area contributed by atoms with Crippen molar-refractivity contribution in [1.82, 2.24) is 24.0 Å². The van der Waals surface area contributed by atoms with Crippen molar-refractivity contribution in [2.45, 2.75) is 117 Å². The highest BCUT2D eigenvalue weighted by Gasteiger charge is 2.35. The molecule has 2 atom stereocenters. The number of morpholine rings is 1. The molecule has 12 heteroatoms. The number of hydrogen-bond donors (Lipinski definition) is 1. The second-order valence-corrected chi connectivity index (χ2v) is 18.1. The molecule has 1 saturated carbocycles. The van der Waals surface area contributed by atoms with Gasteiger partial charge < -0.3 is 18.9 Å². The summed E-state index contributed by atoms with van der Waals surface area (Å²) in [7, 11) is -2.18. The van der Waals surface area contributed by atoms with Crippen molar-refractivity contribution in [1.29, 1.82) is 0 Å². The van der Waals surface area contributed by atoms with E-state index in [1.54, 1.807) is 27.0 Å². The molecule has 2 unspecified atom stereocenters. The van der Waals surface area contributed by atoms with Crippen molar-refractivity contribution >= 4 is 44.4 Å². The van der Waals surface area contributed by atoms with Crippen LogP contribution in [0.1, 0.15) is 129 Å². The van der Waals surface area contributed by atoms with E-state index >= 15 is 0 Å². The van der Waals surface area contributed by atoms with Gasteiger partial charge in [0.1, 0.15) is 5.75 Å². The first-order valence-electron chi connectivity index (χ1n) is 19.3. The Kier molecular flexibility index (Phi) is 10.3. The Morgan fingerprint density at radius 2 is 1.67 bits per heavy atom. The van der Waals surface area contributed by atoms with Crippen LogP contribution in [0.5, 0.6) is 5.75 Å². The fourth-order valence-electron chi connectivity index (χ4n) is 8.62. The minimum absolute atomic E-state index is 0.0476. The largest absolute Gasteiger partial charge is 0.497 e. The lowest BCUT2D eigenvalue weighted by Crippen LogP contribution is -2.48. The lowest BCUT2D eigenvalue weighted by molar-refractivity contribution is -0.0586. The number of benzene rings is 2. The van der Waals surface area contributed by atoms with Crippen LogP contribution in [0.4, 0.5) is 0 Å². The SMILES string of the molecule is COc1ccc2c(c1)C=C(c1c(C(=O)N3CC(C)OC(C)C3)c(C)nn1C(C)C)Cn1c-2c(C2CCCCC2)c2ccc(C(=O)NS(=O)(=O)C(C)C)cc21. The summed E-state index contributed by atoms with van der Waals surface area (Å²) in [5.74, 6) is 0.295. The Bertz CT molecular complexity index is 2250. The van der Waals surface area contributed by atoms with Crippen LogP contribution in [0.2, 0.25) is 0 Å². The number of fused-ring (bicyclic) bond motifs is 5. The minimum Gasteiger partial charge on any atom is -0.497 e. The number of carbonyl (C=O) groups excluding carboxylic acids is 2. The van der Waals surface area contributed by atoms with Crippen molar-refractivity contribution in [3.8, 4) is 17.0 Å². The first kappa shape index (κ1) is 37.9. The molecule has 2 aromatic carbocycles. The molecule has 1 aliphatic carbocycles. The number of rotatable bonds is 8. The zero-order chi connectivity index (χ0) is 38.6. The molecule has 2 aromatic heterocycles. The van der Waals surface area contributed by atoms with E-state index in [2.05, 4.69) is 41.3 Å². The fourth-order valence-corrected chi connectivity index (χ4v) is 9.23. The van der Waals surface area contributed by atoms with E-state index in [9.17, 15) is 18.0 Å². The third kappa shape index (κ3) is 6.87. The van der Waals surface area contributed by atoms with Crippen molar-refractivity contribution in [2.24, 2.45) is 0 Å². The van der Waals surface area contributed by atoms with E-state index in [0.717, 1.165) is 70.4 Å². The summed E-state index contributed by atoms with van der Waals surface area (Å²) in [6.45, 7) is 14.5. The van der Waals surface area contributed by atoms with E-state index in [4.69, 9.17) is 14.6 Å². The van der Waals surface area contributed by atoms with Crippen LogP contribution in [-0.2, 0) is 21.3 Å². The number of hydrogen-bond acceptors (Lipinski definition) is 7. The van der Waals surface area contributed by atoms with Gasteiger partial charge in [0, 0.05) is 41.2 Å². The third-order valence-electron chi connectivity index (χ3n) is 11.2. The van der Waals surface area contributed by atoms with Gasteiger partial charge in [0.15, 0.2) is 0 Å². The number of methoxy groups -OCH3 is 1. The number of nitrogens with one attached hydrogen (secondary N) is 1. The van der Waals surface area contributed by atoms with Gasteiger partial charge in [-0.25, -0.2) is 13.1 Å². The summed E-state index contributed by atoms with van der Waals surface area (Å²) in [4.78, 5) is 30.1. The van der Waals surface area contributed by atoms with Gasteiger partial charge in [-0.3, -0.25) is 14.3 Å². The van der Waals surface area contributed by atoms with Crippen LogP contribution in [-0.4, -0.2) is 77.1 Å². The van der Waals surface area contributed by atoms with Crippen molar-refractivity contribution in [3.05, 3.63) is 70.0 Å². The Labute approximate surface area is 318 Å². The highest BCUT2D eigenvalue weighted by Crippen LogP contribution is 2.48. The molecular formula is C42H53N5O6S. The van der Waals surface area contributed by atoms with Gasteiger partial charge >= 0.3 is 0 Å². The Balaban J connectivity index is 1.48. The molecular weight excluding hydrogens is 703 g/mol. The third-order valence-corrected chi connectivity index (χ3v) is 12.9. The Hall–Kier alpha value is -4.42. The summed E-state index contributed by atoms with van der Waals surface area (Å²) in [6.07, 6.45) is 7.58. The average Bonchev–Trinajstić information content (AvgIpc) is 3.59. The quantitative estimate of drug-likeness (QED) is 0.195. The van der Waals surface area contributed by atoms with E-state index < -0.39 is 21.2 Å². The number of amides is 2. The van der Waals surface area contributed by atoms with Crippen LogP contribution in [0.3, 0.4) is 0 Å². The van der Waals surface area contributed by atoms with Crippen molar-refractivity contribution < 1.29 is 27.5 Å². The number of carbonyl (C=O) groups is 2. The van der Waals surface area contributed by atoms with Gasteiger partial charge in [-0.05, 0) is 120 Å². The molecule has 2 amide bonds. The molecule has 0 radical (unpaired) electrons. The summed E-state index contributed by atoms with van der Waals surface area (Å²) < 4.78 is 43.8. The molecule has 4 heterocycles. The number of ether oxygens (including phenoxy) is 2. The Morgan fingerprint density at radius 3 is 2.31 bits per heavy atom. The summed E-state index contributed by atoms with van der Waals surface area (Å²) in [5.41, 5.74) is 8.32. The maximum Gasteiger partial charge on any atom is 0.264 e. The van der Waals surface area contributed by atoms with Gasteiger partial charge in [-0.2, -0.15) is 5.10 Å². The lowest BCUT2D eigenvalue weighted by Gasteiger charge is -2.35. The monoisotopic (exact) mass is 755 g/mol. The number of aryl methyl sites for hydroxylation is 1. The number of allylic oxidation sites excluding steroid dienone is 1. The molecule has 11 nitrogen and oxygen atoms in total. The van der Waals surface area contributed by atoms with Crippen LogP contribution in [0.15, 0.2) is 36.4 Å². The first-order chi connectivity index (χ1) is 25.7. The molecule has 1 N–H and O–H groups in total. The predicted octanol–water partition coefficient (Wildman–Crippen LogP) is 7.72. The van der Waals surface area contributed by atoms with E-state index in [-0.39, 0.29) is 29.7 Å². The number of nitrogens with zero attached hydrogens (tertiary/aromatic N) is 4. The molecule has 2 fully saturated rings. The molecule has 288 valence electrons. The molecule has 4 aromatic rings. The molecule has 1 saturated heterocycles. The van der Waals surface area contributed by atoms with E-state index in [1.807, 2.05) is 48.6 Å². The van der Waals surface area contributed by atoms with Gasteiger partial charge in [0.05, 0.1) is 53.8 Å². The van der Waals surface area contributed by atoms with Gasteiger partial charge in [-0.15, -0.1) is 0 Å². The van der Waals surface area contributed by atoms with Crippen LogP contribution >= 0.6 is 0 Å². The van der Waals surface area contributed by atoms with E-state index in [1.165, 1.54) is 12.0 Å². The average molecular weight is 756 g/mol. The molecule has 0 bridgehead atoms. The summed E-state index contributed by atoms with van der Waals surface area (Å²) in [5, 5.41) is 5.28. The highest BCUT2D eigenvalue weighted by molar-refractivity contribution is 7.90. The molecule has 0 spiro atoms. The first-order valence-corrected chi connectivity index (χ1v) is 20.9. The molecule has 7 rings (SSSR count). The van der Waals surface area contributed by atoms with Crippen molar-refractivity contribution in [3.63, 3.8) is 0 Å². The Morgan fingerprint density at radius 1 is 0.963 bits per heavy atom. The van der Waals surface area contributed by atoms with Gasteiger partial charge in [0.25, 0.3) is 11.8 Å². The zero-order valence-electron chi connectivity index (χ0n) is 32.7. The summed E-state index contributed by atoms with van der Waals surface area (Å²) in [6, 6.07) is 11.7.